The fraction of sp³-hybridized carbons (Fsp3) is 0.176. The largest absolute Gasteiger partial charge is 0.324 e. The molecular formula is C17H16N2O. The minimum atomic E-state index is -0.218. The Labute approximate surface area is 118 Å². The number of benzene rings is 2. The van der Waals surface area contributed by atoms with E-state index in [-0.39, 0.29) is 11.8 Å². The van der Waals surface area contributed by atoms with Gasteiger partial charge < -0.3 is 5.32 Å². The first-order valence-corrected chi connectivity index (χ1v) is 6.73. The summed E-state index contributed by atoms with van der Waals surface area (Å²) in [5, 5.41) is 2.97. The smallest absolute Gasteiger partial charge is 0.233 e. The van der Waals surface area contributed by atoms with Crippen molar-refractivity contribution < 1.29 is 4.79 Å². The van der Waals surface area contributed by atoms with Crippen LogP contribution in [0, 0.1) is 5.92 Å². The standard InChI is InChI=1S/C17H16N2O/c1-12-14(11-13-7-3-2-4-8-13)17(20)19-16-10-6-5-9-15(16)18-12/h2-10,14H,11H2,1H3,(H,19,20)/t14-/m0/s1. The molecular weight excluding hydrogens is 248 g/mol. The van der Waals surface area contributed by atoms with E-state index in [1.54, 1.807) is 0 Å². The lowest BCUT2D eigenvalue weighted by Crippen LogP contribution is -2.28. The van der Waals surface area contributed by atoms with Crippen LogP contribution in [0.15, 0.2) is 59.6 Å². The van der Waals surface area contributed by atoms with E-state index < -0.39 is 0 Å². The molecule has 0 aliphatic carbocycles. The van der Waals surface area contributed by atoms with Gasteiger partial charge in [-0.1, -0.05) is 42.5 Å². The monoisotopic (exact) mass is 264 g/mol. The van der Waals surface area contributed by atoms with Crippen LogP contribution >= 0.6 is 0 Å². The number of para-hydroxylation sites is 2. The van der Waals surface area contributed by atoms with Crippen LogP contribution < -0.4 is 5.32 Å². The summed E-state index contributed by atoms with van der Waals surface area (Å²) in [6, 6.07) is 17.7. The molecule has 1 aliphatic rings. The molecule has 1 aliphatic heterocycles. The average molecular weight is 264 g/mol. The highest BCUT2D eigenvalue weighted by molar-refractivity contribution is 6.12. The molecule has 0 radical (unpaired) electrons. The Morgan fingerprint density at radius 3 is 2.55 bits per heavy atom. The number of carbonyl (C=O) groups is 1. The Bertz CT molecular complexity index is 662. The van der Waals surface area contributed by atoms with Crippen LogP contribution in [0.2, 0.25) is 0 Å². The molecule has 2 aromatic rings. The normalized spacial score (nSPS) is 17.8. The topological polar surface area (TPSA) is 41.5 Å². The third kappa shape index (κ3) is 2.48. The first kappa shape index (κ1) is 12.6. The lowest BCUT2D eigenvalue weighted by molar-refractivity contribution is -0.118. The van der Waals surface area contributed by atoms with Gasteiger partial charge in [-0.2, -0.15) is 0 Å². The second kappa shape index (κ2) is 5.29. The van der Waals surface area contributed by atoms with E-state index in [1.165, 1.54) is 0 Å². The summed E-state index contributed by atoms with van der Waals surface area (Å²) >= 11 is 0. The van der Waals surface area contributed by atoms with Gasteiger partial charge in [0.2, 0.25) is 5.91 Å². The summed E-state index contributed by atoms with van der Waals surface area (Å²) in [6.07, 6.45) is 0.677. The molecule has 2 aromatic carbocycles. The summed E-state index contributed by atoms with van der Waals surface area (Å²) in [7, 11) is 0. The van der Waals surface area contributed by atoms with Crippen LogP contribution in [0.4, 0.5) is 11.4 Å². The van der Waals surface area contributed by atoms with E-state index >= 15 is 0 Å². The second-order valence-corrected chi connectivity index (χ2v) is 5.00. The number of carbonyl (C=O) groups excluding carboxylic acids is 1. The predicted octanol–water partition coefficient (Wildman–Crippen LogP) is 3.59. The Morgan fingerprint density at radius 2 is 1.75 bits per heavy atom. The minimum Gasteiger partial charge on any atom is -0.324 e. The Morgan fingerprint density at radius 1 is 1.05 bits per heavy atom. The molecule has 0 saturated carbocycles. The summed E-state index contributed by atoms with van der Waals surface area (Å²) in [4.78, 5) is 17.0. The fourth-order valence-electron chi connectivity index (χ4n) is 2.44. The lowest BCUT2D eigenvalue weighted by Gasteiger charge is -2.14. The molecule has 20 heavy (non-hydrogen) atoms. The maximum absolute atomic E-state index is 12.4. The van der Waals surface area contributed by atoms with Crippen molar-refractivity contribution in [2.45, 2.75) is 13.3 Å². The van der Waals surface area contributed by atoms with Crippen molar-refractivity contribution in [3.63, 3.8) is 0 Å². The van der Waals surface area contributed by atoms with E-state index in [1.807, 2.05) is 61.5 Å². The van der Waals surface area contributed by atoms with Gasteiger partial charge in [0.05, 0.1) is 17.3 Å². The molecule has 0 spiro atoms. The van der Waals surface area contributed by atoms with Gasteiger partial charge >= 0.3 is 0 Å². The van der Waals surface area contributed by atoms with Crippen LogP contribution in [-0.2, 0) is 11.2 Å². The van der Waals surface area contributed by atoms with Gasteiger partial charge in [0.25, 0.3) is 0 Å². The van der Waals surface area contributed by atoms with Crippen LogP contribution in [-0.4, -0.2) is 11.6 Å². The zero-order valence-corrected chi connectivity index (χ0v) is 11.3. The molecule has 0 unspecified atom stereocenters. The zero-order chi connectivity index (χ0) is 13.9. The van der Waals surface area contributed by atoms with E-state index in [0.29, 0.717) is 6.42 Å². The first-order valence-electron chi connectivity index (χ1n) is 6.73. The van der Waals surface area contributed by atoms with Crippen molar-refractivity contribution in [2.75, 3.05) is 5.32 Å². The van der Waals surface area contributed by atoms with E-state index in [0.717, 1.165) is 22.6 Å². The molecule has 3 heteroatoms. The van der Waals surface area contributed by atoms with Crippen molar-refractivity contribution in [3.8, 4) is 0 Å². The van der Waals surface area contributed by atoms with Crippen molar-refractivity contribution in [1.29, 1.82) is 0 Å². The Kier molecular flexibility index (Phi) is 3.33. The maximum atomic E-state index is 12.4. The van der Waals surface area contributed by atoms with E-state index in [9.17, 15) is 4.79 Å². The first-order chi connectivity index (χ1) is 9.74. The van der Waals surface area contributed by atoms with Gasteiger partial charge in [-0.15, -0.1) is 0 Å². The van der Waals surface area contributed by atoms with Gasteiger partial charge in [-0.3, -0.25) is 9.79 Å². The van der Waals surface area contributed by atoms with Crippen LogP contribution in [0.5, 0.6) is 0 Å². The zero-order valence-electron chi connectivity index (χ0n) is 11.3. The molecule has 1 atom stereocenters. The fourth-order valence-corrected chi connectivity index (χ4v) is 2.44. The van der Waals surface area contributed by atoms with Crippen LogP contribution in [0.1, 0.15) is 12.5 Å². The third-order valence-corrected chi connectivity index (χ3v) is 3.56. The number of fused-ring (bicyclic) bond motifs is 1. The summed E-state index contributed by atoms with van der Waals surface area (Å²) < 4.78 is 0. The summed E-state index contributed by atoms with van der Waals surface area (Å²) in [6.45, 7) is 1.93. The van der Waals surface area contributed by atoms with E-state index in [4.69, 9.17) is 0 Å². The van der Waals surface area contributed by atoms with Crippen molar-refractivity contribution >= 4 is 23.0 Å². The Hall–Kier alpha value is -2.42. The average Bonchev–Trinajstić information content (AvgIpc) is 2.58. The molecule has 0 fully saturated rings. The molecule has 0 saturated heterocycles. The number of hydrogen-bond acceptors (Lipinski definition) is 2. The van der Waals surface area contributed by atoms with Crippen molar-refractivity contribution in [1.82, 2.24) is 0 Å². The minimum absolute atomic E-state index is 0.0139. The third-order valence-electron chi connectivity index (χ3n) is 3.56. The molecule has 3 nitrogen and oxygen atoms in total. The molecule has 1 heterocycles. The van der Waals surface area contributed by atoms with Crippen molar-refractivity contribution in [2.24, 2.45) is 10.9 Å². The Balaban J connectivity index is 1.92. The number of nitrogens with one attached hydrogen (secondary N) is 1. The highest BCUT2D eigenvalue weighted by Crippen LogP contribution is 2.29. The molecule has 1 amide bonds. The van der Waals surface area contributed by atoms with Gasteiger partial charge in [0.1, 0.15) is 0 Å². The molecule has 3 rings (SSSR count). The van der Waals surface area contributed by atoms with Gasteiger partial charge in [0, 0.05) is 5.71 Å². The number of aliphatic imine (C=N–C) groups is 1. The maximum Gasteiger partial charge on any atom is 0.233 e. The van der Waals surface area contributed by atoms with Crippen molar-refractivity contribution in [3.05, 3.63) is 60.2 Å². The molecule has 1 N–H and O–H groups in total. The summed E-state index contributed by atoms with van der Waals surface area (Å²) in [5.74, 6) is -0.204. The molecule has 0 aromatic heterocycles. The second-order valence-electron chi connectivity index (χ2n) is 5.00. The number of rotatable bonds is 2. The highest BCUT2D eigenvalue weighted by atomic mass is 16.1. The van der Waals surface area contributed by atoms with Crippen LogP contribution in [0.25, 0.3) is 0 Å². The summed E-state index contributed by atoms with van der Waals surface area (Å²) in [5.41, 5.74) is 3.62. The molecule has 100 valence electrons. The number of nitrogens with zero attached hydrogens (tertiary/aromatic N) is 1. The number of anilines is 1. The SMILES string of the molecule is CC1=Nc2ccccc2NC(=O)[C@H]1Cc1ccccc1. The highest BCUT2D eigenvalue weighted by Gasteiger charge is 2.25. The van der Waals surface area contributed by atoms with Gasteiger partial charge in [-0.25, -0.2) is 0 Å². The quantitative estimate of drug-likeness (QED) is 0.884. The number of amides is 1. The van der Waals surface area contributed by atoms with Crippen LogP contribution in [0.3, 0.4) is 0 Å². The lowest BCUT2D eigenvalue weighted by atomic mass is 9.94. The van der Waals surface area contributed by atoms with Gasteiger partial charge in [0.15, 0.2) is 0 Å². The number of hydrogen-bond donors (Lipinski definition) is 1. The van der Waals surface area contributed by atoms with Gasteiger partial charge in [-0.05, 0) is 31.0 Å². The molecule has 0 bridgehead atoms. The predicted molar refractivity (Wildman–Crippen MR) is 81.5 cm³/mol. The van der Waals surface area contributed by atoms with E-state index in [2.05, 4.69) is 10.3 Å².